The molecule has 2 heterocycles. The second-order valence-corrected chi connectivity index (χ2v) is 9.24. The number of carbonyl (C=O) groups is 1. The van der Waals surface area contributed by atoms with Gasteiger partial charge in [-0.25, -0.2) is 0 Å². The summed E-state index contributed by atoms with van der Waals surface area (Å²) in [5.74, 6) is -0.311. The highest BCUT2D eigenvalue weighted by molar-refractivity contribution is 7.99. The van der Waals surface area contributed by atoms with Gasteiger partial charge in [0.15, 0.2) is 0 Å². The Kier molecular flexibility index (Phi) is 7.56. The highest BCUT2D eigenvalue weighted by atomic mass is 32.2. The van der Waals surface area contributed by atoms with Crippen LogP contribution in [0.5, 0.6) is 0 Å². The number of carbonyl (C=O) groups excluding carboxylic acids is 1. The fourth-order valence-electron chi connectivity index (χ4n) is 3.19. The van der Waals surface area contributed by atoms with E-state index >= 15 is 0 Å². The maximum absolute atomic E-state index is 11.5. The Balaban J connectivity index is 2.31. The van der Waals surface area contributed by atoms with E-state index in [1.54, 1.807) is 0 Å². The average Bonchev–Trinajstić information content (AvgIpc) is 2.86. The minimum Gasteiger partial charge on any atom is -0.459 e. The third-order valence-electron chi connectivity index (χ3n) is 4.58. The Hall–Kier alpha value is 0.310. The Morgan fingerprint density at radius 2 is 2.04 bits per heavy atom. The summed E-state index contributed by atoms with van der Waals surface area (Å²) in [4.78, 5) is 11.8. The molecule has 2 aliphatic heterocycles. The molecule has 2 aliphatic rings. The molecule has 3 nitrogen and oxygen atoms in total. The monoisotopic (exact) mass is 406 g/mol. The fraction of sp³-hybridized carbons (Fsp3) is 0.706. The predicted molar refractivity (Wildman–Crippen MR) is 111 cm³/mol. The summed E-state index contributed by atoms with van der Waals surface area (Å²) in [6.07, 6.45) is 11.4. The molecule has 0 amide bonds. The van der Waals surface area contributed by atoms with Crippen molar-refractivity contribution < 1.29 is 14.3 Å². The van der Waals surface area contributed by atoms with Crippen LogP contribution in [0.25, 0.3) is 0 Å². The number of rotatable bonds is 2. The number of ether oxygens (including phenoxy) is 2. The van der Waals surface area contributed by atoms with Crippen LogP contribution in [-0.4, -0.2) is 27.2 Å². The highest BCUT2D eigenvalue weighted by Crippen LogP contribution is 2.50. The zero-order valence-electron chi connectivity index (χ0n) is 13.9. The van der Waals surface area contributed by atoms with Gasteiger partial charge in [-0.1, -0.05) is 18.2 Å². The lowest BCUT2D eigenvalue weighted by Gasteiger charge is -2.37. The third kappa shape index (κ3) is 5.16. The molecule has 136 valence electrons. The molecular weight excluding hydrogens is 380 g/mol. The van der Waals surface area contributed by atoms with Crippen molar-refractivity contribution in [1.82, 2.24) is 0 Å². The highest BCUT2D eigenvalue weighted by Gasteiger charge is 2.53. The van der Waals surface area contributed by atoms with Crippen molar-refractivity contribution in [2.75, 3.05) is 0 Å². The number of allylic oxidation sites excluding steroid dienone is 3. The SMILES string of the molecule is CC(=O)OC1CC/C=C/CC/C(S)=C/CC2(C(S)S)CCC1(S)O2. The molecule has 7 heteroatoms. The zero-order chi connectivity index (χ0) is 17.8. The van der Waals surface area contributed by atoms with Crippen LogP contribution < -0.4 is 0 Å². The van der Waals surface area contributed by atoms with Gasteiger partial charge in [-0.15, -0.1) is 25.3 Å². The molecule has 1 saturated heterocycles. The van der Waals surface area contributed by atoms with Crippen LogP contribution in [0.2, 0.25) is 0 Å². The summed E-state index contributed by atoms with van der Waals surface area (Å²) in [5.41, 5.74) is -0.540. The van der Waals surface area contributed by atoms with Gasteiger partial charge in [-0.3, -0.25) is 4.79 Å². The van der Waals surface area contributed by atoms with E-state index in [1.807, 2.05) is 0 Å². The molecule has 0 saturated carbocycles. The van der Waals surface area contributed by atoms with E-state index in [-0.39, 0.29) is 10.6 Å². The molecule has 24 heavy (non-hydrogen) atoms. The smallest absolute Gasteiger partial charge is 0.303 e. The van der Waals surface area contributed by atoms with Gasteiger partial charge in [0.25, 0.3) is 0 Å². The lowest BCUT2D eigenvalue weighted by atomic mass is 9.95. The van der Waals surface area contributed by atoms with Crippen molar-refractivity contribution in [3.63, 3.8) is 0 Å². The van der Waals surface area contributed by atoms with Crippen LogP contribution in [0.15, 0.2) is 23.1 Å². The van der Waals surface area contributed by atoms with Crippen LogP contribution >= 0.6 is 50.5 Å². The molecule has 2 bridgehead atoms. The molecule has 0 spiro atoms. The first kappa shape index (κ1) is 20.6. The van der Waals surface area contributed by atoms with Gasteiger partial charge in [-0.2, -0.15) is 25.3 Å². The van der Waals surface area contributed by atoms with E-state index < -0.39 is 16.6 Å². The summed E-state index contributed by atoms with van der Waals surface area (Å²) in [5, 5.41) is 0. The minimum absolute atomic E-state index is 0.259. The fourth-order valence-corrected chi connectivity index (χ4v) is 4.46. The topological polar surface area (TPSA) is 35.5 Å². The first-order chi connectivity index (χ1) is 11.3. The number of fused-ring (bicyclic) bond motifs is 2. The maximum atomic E-state index is 11.5. The van der Waals surface area contributed by atoms with E-state index in [9.17, 15) is 4.79 Å². The zero-order valence-corrected chi connectivity index (χ0v) is 17.4. The van der Waals surface area contributed by atoms with Crippen LogP contribution in [0, 0.1) is 0 Å². The summed E-state index contributed by atoms with van der Waals surface area (Å²) < 4.78 is 11.7. The van der Waals surface area contributed by atoms with Crippen LogP contribution in [0.1, 0.15) is 51.9 Å². The third-order valence-corrected chi connectivity index (χ3v) is 6.53. The van der Waals surface area contributed by atoms with E-state index in [4.69, 9.17) is 22.1 Å². The van der Waals surface area contributed by atoms with Crippen molar-refractivity contribution in [3.8, 4) is 0 Å². The average molecular weight is 407 g/mol. The molecule has 0 radical (unpaired) electrons. The van der Waals surface area contributed by atoms with E-state index in [1.165, 1.54) is 6.92 Å². The van der Waals surface area contributed by atoms with Crippen molar-refractivity contribution in [2.45, 2.75) is 73.1 Å². The number of hydrogen-bond donors (Lipinski definition) is 4. The number of thiol groups is 4. The molecular formula is C17H26O3S4. The van der Waals surface area contributed by atoms with E-state index in [2.05, 4.69) is 56.1 Å². The molecule has 0 aliphatic carbocycles. The molecule has 0 aromatic rings. The summed E-state index contributed by atoms with van der Waals surface area (Å²) in [6.45, 7) is 1.42. The first-order valence-corrected chi connectivity index (χ1v) is 10.2. The first-order valence-electron chi connectivity index (χ1n) is 8.26. The lowest BCUT2D eigenvalue weighted by molar-refractivity contribution is -0.162. The predicted octanol–water partition coefficient (Wildman–Crippen LogP) is 4.61. The van der Waals surface area contributed by atoms with Crippen LogP contribution in [0.3, 0.4) is 0 Å². The number of hydrogen-bond acceptors (Lipinski definition) is 7. The standard InChI is InChI=1S/C17H26O3S4/c1-12(18)19-14-7-5-3-2-4-6-13(21)8-9-16(15(22)23)10-11-17(14,24)20-16/h2-3,8,14-15,21-24H,4-7,9-11H2,1H3/b3-2+,13-8-. The van der Waals surface area contributed by atoms with Gasteiger partial charge < -0.3 is 9.47 Å². The summed E-state index contributed by atoms with van der Waals surface area (Å²) in [6, 6.07) is 0. The lowest BCUT2D eigenvalue weighted by Crippen LogP contribution is -2.45. The normalized spacial score (nSPS) is 38.4. The van der Waals surface area contributed by atoms with Crippen molar-refractivity contribution >= 4 is 56.5 Å². The Bertz CT molecular complexity index is 520. The second kappa shape index (κ2) is 8.80. The Labute approximate surface area is 166 Å². The molecule has 2 rings (SSSR count). The van der Waals surface area contributed by atoms with Gasteiger partial charge in [0, 0.05) is 6.92 Å². The van der Waals surface area contributed by atoms with Crippen LogP contribution in [0.4, 0.5) is 0 Å². The van der Waals surface area contributed by atoms with Gasteiger partial charge in [0.2, 0.25) is 0 Å². The molecule has 3 unspecified atom stereocenters. The van der Waals surface area contributed by atoms with Gasteiger partial charge in [-0.05, 0) is 49.9 Å². The molecule has 3 atom stereocenters. The molecule has 0 aromatic carbocycles. The second-order valence-electron chi connectivity index (χ2n) is 6.47. The van der Waals surface area contributed by atoms with Gasteiger partial charge >= 0.3 is 5.97 Å². The van der Waals surface area contributed by atoms with E-state index in [0.29, 0.717) is 19.3 Å². The number of esters is 1. The van der Waals surface area contributed by atoms with Crippen molar-refractivity contribution in [1.29, 1.82) is 0 Å². The van der Waals surface area contributed by atoms with Crippen molar-refractivity contribution in [2.24, 2.45) is 0 Å². The van der Waals surface area contributed by atoms with Crippen LogP contribution in [-0.2, 0) is 14.3 Å². The quantitative estimate of drug-likeness (QED) is 0.234. The largest absolute Gasteiger partial charge is 0.459 e. The van der Waals surface area contributed by atoms with Gasteiger partial charge in [0.05, 0.1) is 10.2 Å². The Morgan fingerprint density at radius 3 is 2.71 bits per heavy atom. The molecule has 0 aromatic heterocycles. The molecule has 0 N–H and O–H groups in total. The Morgan fingerprint density at radius 1 is 1.33 bits per heavy atom. The summed E-state index contributed by atoms with van der Waals surface area (Å²) in [7, 11) is 0. The molecule has 1 fully saturated rings. The van der Waals surface area contributed by atoms with Crippen molar-refractivity contribution in [3.05, 3.63) is 23.1 Å². The summed E-state index contributed by atoms with van der Waals surface area (Å²) >= 11 is 18.4. The maximum Gasteiger partial charge on any atom is 0.303 e. The van der Waals surface area contributed by atoms with Gasteiger partial charge in [0.1, 0.15) is 11.0 Å². The van der Waals surface area contributed by atoms with E-state index in [0.717, 1.165) is 30.6 Å². The minimum atomic E-state index is -0.818.